The highest BCUT2D eigenvalue weighted by Crippen LogP contribution is 2.36. The number of benzene rings is 6. The first-order valence-electron chi connectivity index (χ1n) is 29.0. The number of aromatic hydroxyl groups is 1. The number of phenolic OH excluding ortho intramolecular Hbond substituents is 1. The number of rotatable bonds is 10. The Kier molecular flexibility index (Phi) is 23.7. The van der Waals surface area contributed by atoms with Crippen molar-refractivity contribution in [2.24, 2.45) is 0 Å². The number of para-hydroxylation sites is 1. The van der Waals surface area contributed by atoms with E-state index >= 15 is 0 Å². The molecule has 0 unspecified atom stereocenters. The van der Waals surface area contributed by atoms with Gasteiger partial charge in [0.15, 0.2) is 11.6 Å². The third-order valence-electron chi connectivity index (χ3n) is 14.1. The Morgan fingerprint density at radius 1 is 0.573 bits per heavy atom. The fourth-order valence-electron chi connectivity index (χ4n) is 9.44. The molecular weight excluding hydrogens is 1260 g/mol. The van der Waals surface area contributed by atoms with Gasteiger partial charge in [0, 0.05) is 79.4 Å². The maximum Gasteiger partial charge on any atom is 0.354 e. The van der Waals surface area contributed by atoms with Crippen LogP contribution in [0.5, 0.6) is 23.0 Å². The average molecular weight is 1330 g/mol. The van der Waals surface area contributed by atoms with Crippen LogP contribution in [-0.2, 0) is 13.1 Å². The Hall–Kier alpha value is -12.0. The largest absolute Gasteiger partial charge is 0.508 e. The summed E-state index contributed by atoms with van der Waals surface area (Å²) in [4.78, 5) is 67.6. The van der Waals surface area contributed by atoms with E-state index in [0.29, 0.717) is 52.0 Å². The van der Waals surface area contributed by atoms with Crippen molar-refractivity contribution in [3.05, 3.63) is 308 Å². The lowest BCUT2D eigenvalue weighted by atomic mass is 10.1. The fraction of sp³-hybridized carbons (Fsp3) is 0.123. The number of allylic oxidation sites excluding steroid dienone is 3. The van der Waals surface area contributed by atoms with E-state index in [9.17, 15) is 34.6 Å². The van der Waals surface area contributed by atoms with Crippen molar-refractivity contribution in [2.75, 3.05) is 13.2 Å². The highest BCUT2D eigenvalue weighted by molar-refractivity contribution is 8.03. The summed E-state index contributed by atoms with van der Waals surface area (Å²) in [6, 6.07) is 45.3. The van der Waals surface area contributed by atoms with Gasteiger partial charge in [-0.2, -0.15) is 5.26 Å². The molecule has 0 fully saturated rings. The van der Waals surface area contributed by atoms with E-state index in [4.69, 9.17) is 37.8 Å². The smallest absolute Gasteiger partial charge is 0.354 e. The van der Waals surface area contributed by atoms with E-state index < -0.39 is 26.7 Å². The minimum absolute atomic E-state index is 0. The Morgan fingerprint density at radius 2 is 1.08 bits per heavy atom. The molecule has 0 radical (unpaired) electrons. The third kappa shape index (κ3) is 18.4. The molecule has 96 heavy (non-hydrogen) atoms. The molecule has 0 spiro atoms. The van der Waals surface area contributed by atoms with Crippen molar-refractivity contribution in [1.29, 1.82) is 5.26 Å². The Balaban J connectivity index is 0.000000152. The zero-order valence-electron chi connectivity index (χ0n) is 51.6. The second kappa shape index (κ2) is 32.5. The van der Waals surface area contributed by atoms with Gasteiger partial charge in [0.1, 0.15) is 95.8 Å². The van der Waals surface area contributed by atoms with Gasteiger partial charge in [0.05, 0.1) is 0 Å². The number of ether oxygens (including phenoxy) is 3. The molecule has 486 valence electrons. The van der Waals surface area contributed by atoms with Gasteiger partial charge in [-0.3, -0.25) is 0 Å². The molecule has 0 saturated carbocycles. The molecule has 0 bridgehead atoms. The van der Waals surface area contributed by atoms with E-state index in [-0.39, 0.29) is 55.7 Å². The van der Waals surface area contributed by atoms with Gasteiger partial charge in [-0.05, 0) is 137 Å². The first-order chi connectivity index (χ1) is 45.7. The van der Waals surface area contributed by atoms with Gasteiger partial charge in [-0.25, -0.2) is 33.5 Å². The Labute approximate surface area is 558 Å². The number of nitro groups is 2. The van der Waals surface area contributed by atoms with Crippen LogP contribution in [0.1, 0.15) is 52.5 Å². The van der Waals surface area contributed by atoms with Gasteiger partial charge in [0.2, 0.25) is 0 Å². The van der Waals surface area contributed by atoms with Crippen molar-refractivity contribution in [1.82, 2.24) is 19.1 Å². The number of hydrogen-bond acceptors (Lipinski definition) is 19. The Morgan fingerprint density at radius 3 is 1.66 bits per heavy atom. The number of fused-ring (bicyclic) bond motifs is 6. The molecular formula is C73H63N7O14S2. The first kappa shape index (κ1) is 69.9. The monoisotopic (exact) mass is 1330 g/mol. The average Bonchev–Trinajstić information content (AvgIpc) is 1.35. The van der Waals surface area contributed by atoms with Crippen LogP contribution in [0.15, 0.2) is 249 Å². The number of nitrogens with zero attached hydrogens (tertiary/aromatic N) is 7. The number of imidazole rings is 2. The summed E-state index contributed by atoms with van der Waals surface area (Å²) in [7, 11) is 0. The van der Waals surface area contributed by atoms with Crippen LogP contribution in [0.25, 0.3) is 51.1 Å². The summed E-state index contributed by atoms with van der Waals surface area (Å²) in [6.07, 6.45) is 14.6. The summed E-state index contributed by atoms with van der Waals surface area (Å²) < 4.78 is 34.7. The molecule has 0 aliphatic carbocycles. The van der Waals surface area contributed by atoms with Gasteiger partial charge in [-0.15, -0.1) is 0 Å². The van der Waals surface area contributed by atoms with Gasteiger partial charge in [0.25, 0.3) is 0 Å². The SMILES string of the molecule is C.C=C1C=Cc2ccccc2O1.C=C1C=Cc2ccccc2S1.C=C1C=Cc2ccccc2S1.Cc1cc(=O)oc2cc(OCCn3c([N+](=O)[O-])cnc3C)ccc12.Cc1cc(=O)oc2ccc(OCCn3c([N+](=O)[O-])cnc3C)cc12.N#Cc1cc2ccc(O)cc2oc1=O. The molecule has 23 heteroatoms. The summed E-state index contributed by atoms with van der Waals surface area (Å²) >= 11 is 3.46. The van der Waals surface area contributed by atoms with E-state index in [0.717, 1.165) is 43.0 Å². The number of aromatic nitrogens is 4. The third-order valence-corrected chi connectivity index (χ3v) is 16.1. The van der Waals surface area contributed by atoms with E-state index in [1.54, 1.807) is 79.8 Å². The highest BCUT2D eigenvalue weighted by atomic mass is 32.2. The number of hydrogen-bond donors (Lipinski definition) is 1. The predicted octanol–water partition coefficient (Wildman–Crippen LogP) is 16.4. The van der Waals surface area contributed by atoms with Crippen molar-refractivity contribution in [2.45, 2.75) is 58.0 Å². The van der Waals surface area contributed by atoms with E-state index in [1.807, 2.05) is 68.5 Å². The second-order valence-corrected chi connectivity index (χ2v) is 23.1. The highest BCUT2D eigenvalue weighted by Gasteiger charge is 2.19. The van der Waals surface area contributed by atoms with Crippen LogP contribution in [0.3, 0.4) is 0 Å². The molecule has 0 amide bonds. The Bertz CT molecular complexity index is 4930. The van der Waals surface area contributed by atoms with E-state index in [1.165, 1.54) is 72.8 Å². The molecule has 5 aromatic heterocycles. The van der Waals surface area contributed by atoms with Crippen LogP contribution in [-0.4, -0.2) is 47.3 Å². The summed E-state index contributed by atoms with van der Waals surface area (Å²) in [6.45, 7) is 19.6. The summed E-state index contributed by atoms with van der Waals surface area (Å²) in [5, 5.41) is 41.8. The van der Waals surface area contributed by atoms with Crippen LogP contribution >= 0.6 is 23.5 Å². The van der Waals surface area contributed by atoms with Gasteiger partial charge >= 0.3 is 28.5 Å². The minimum Gasteiger partial charge on any atom is -0.508 e. The van der Waals surface area contributed by atoms with Gasteiger partial charge < -0.3 is 52.8 Å². The number of thioether (sulfide) groups is 2. The predicted molar refractivity (Wildman–Crippen MR) is 374 cm³/mol. The quantitative estimate of drug-likeness (QED) is 0.0756. The lowest BCUT2D eigenvalue weighted by molar-refractivity contribution is -0.392. The molecule has 1 N–H and O–H groups in total. The summed E-state index contributed by atoms with van der Waals surface area (Å²) in [5.74, 6) is 3.70. The molecule has 21 nitrogen and oxygen atoms in total. The number of nitriles is 1. The normalized spacial score (nSPS) is 11.9. The lowest BCUT2D eigenvalue weighted by Crippen LogP contribution is -2.11. The first-order valence-corrected chi connectivity index (χ1v) is 30.6. The molecule has 8 heterocycles. The van der Waals surface area contributed by atoms with Crippen LogP contribution in [0.2, 0.25) is 0 Å². The van der Waals surface area contributed by atoms with Crippen molar-refractivity contribution in [3.8, 4) is 29.1 Å². The zero-order chi connectivity index (χ0) is 67.7. The topological polar surface area (TPSA) is 284 Å². The standard InChI is InChI=1S/2C16H15N3O5.C10H5NO3.C10H8O.2C10H8S.CH4/c1-10-7-16(20)24-14-4-3-12(8-13(10)14)23-6-5-18-11(2)17-9-15(18)19(21)22;1-10-7-16(20)24-14-8-12(3-4-13(10)14)23-6-5-18-11(2)17-9-15(18)19(21)22;11-5-7-3-6-1-2-8(12)4-9(6)14-10(7)13;3*1-8-6-7-9-4-2-3-5-10(9)11-8;/h2*3-4,7-9H,5-6H2,1-2H3;1-4,12H;3*2-7H,1H2;1H4. The number of phenols is 1. The molecule has 3 aliphatic rings. The van der Waals surface area contributed by atoms with Crippen LogP contribution in [0, 0.1) is 59.3 Å². The minimum atomic E-state index is -0.689. The van der Waals surface area contributed by atoms with Crippen LogP contribution in [0.4, 0.5) is 11.6 Å². The zero-order valence-corrected chi connectivity index (χ0v) is 53.3. The number of aryl methyl sites for hydroxylation is 4. The molecule has 0 saturated heterocycles. The van der Waals surface area contributed by atoms with Crippen molar-refractivity contribution in [3.63, 3.8) is 0 Å². The van der Waals surface area contributed by atoms with Crippen molar-refractivity contribution < 1.29 is 42.4 Å². The fourth-order valence-corrected chi connectivity index (χ4v) is 11.1. The van der Waals surface area contributed by atoms with Crippen molar-refractivity contribution >= 4 is 86.3 Å². The van der Waals surface area contributed by atoms with Gasteiger partial charge in [-0.1, -0.05) is 117 Å². The second-order valence-electron chi connectivity index (χ2n) is 20.8. The molecule has 6 aromatic carbocycles. The molecule has 14 rings (SSSR count). The maximum atomic E-state index is 11.4. The summed E-state index contributed by atoms with van der Waals surface area (Å²) in [5.41, 5.74) is 5.01. The molecule has 3 aliphatic heterocycles. The van der Waals surface area contributed by atoms with Crippen LogP contribution < -0.4 is 31.1 Å². The van der Waals surface area contributed by atoms with E-state index in [2.05, 4.69) is 90.4 Å². The molecule has 0 atom stereocenters. The lowest BCUT2D eigenvalue weighted by Gasteiger charge is -2.12. The molecule has 11 aromatic rings. The maximum absolute atomic E-state index is 11.4.